The van der Waals surface area contributed by atoms with Crippen molar-refractivity contribution in [2.45, 2.75) is 25.0 Å². The average Bonchev–Trinajstić information content (AvgIpc) is 3.26. The Morgan fingerprint density at radius 3 is 2.62 bits per heavy atom. The minimum absolute atomic E-state index is 0.0878. The molecule has 1 aliphatic carbocycles. The highest BCUT2D eigenvalue weighted by molar-refractivity contribution is 9.11. The quantitative estimate of drug-likeness (QED) is 0.569. The van der Waals surface area contributed by atoms with Crippen molar-refractivity contribution in [3.8, 4) is 5.75 Å². The van der Waals surface area contributed by atoms with E-state index in [9.17, 15) is 0 Å². The second-order valence-corrected chi connectivity index (χ2v) is 6.93. The Morgan fingerprint density at radius 2 is 1.95 bits per heavy atom. The van der Waals surface area contributed by atoms with Crippen molar-refractivity contribution in [3.63, 3.8) is 0 Å². The minimum atomic E-state index is -0.0878. The van der Waals surface area contributed by atoms with Crippen LogP contribution < -0.4 is 16.0 Å². The molecule has 110 valence electrons. The SMILES string of the molecule is NNC(c1cccc(OC2CC2)c1)c1ccc(Br)cc1Br. The molecule has 2 aromatic rings. The molecule has 3 nitrogen and oxygen atoms in total. The van der Waals surface area contributed by atoms with Gasteiger partial charge in [-0.25, -0.2) is 5.43 Å². The van der Waals surface area contributed by atoms with Crippen LogP contribution in [0.25, 0.3) is 0 Å². The van der Waals surface area contributed by atoms with E-state index in [0.29, 0.717) is 6.10 Å². The second-order valence-electron chi connectivity index (χ2n) is 5.16. The van der Waals surface area contributed by atoms with Gasteiger partial charge in [0.25, 0.3) is 0 Å². The van der Waals surface area contributed by atoms with E-state index < -0.39 is 0 Å². The second kappa shape index (κ2) is 6.48. The summed E-state index contributed by atoms with van der Waals surface area (Å²) in [5.74, 6) is 6.69. The number of nitrogens with one attached hydrogen (secondary N) is 1. The van der Waals surface area contributed by atoms with Gasteiger partial charge in [0, 0.05) is 8.95 Å². The molecule has 0 radical (unpaired) electrons. The fourth-order valence-corrected chi connectivity index (χ4v) is 3.52. The molecule has 5 heteroatoms. The Hall–Kier alpha value is -0.880. The maximum Gasteiger partial charge on any atom is 0.120 e. The molecular weight excluding hydrogens is 396 g/mol. The van der Waals surface area contributed by atoms with Crippen LogP contribution in [-0.2, 0) is 0 Å². The zero-order chi connectivity index (χ0) is 14.8. The summed E-state index contributed by atoms with van der Waals surface area (Å²) in [6.45, 7) is 0. The van der Waals surface area contributed by atoms with Crippen molar-refractivity contribution in [1.29, 1.82) is 0 Å². The summed E-state index contributed by atoms with van der Waals surface area (Å²) in [6.07, 6.45) is 2.70. The van der Waals surface area contributed by atoms with Crippen molar-refractivity contribution in [2.75, 3.05) is 0 Å². The first-order chi connectivity index (χ1) is 10.2. The molecule has 3 N–H and O–H groups in total. The van der Waals surface area contributed by atoms with Gasteiger partial charge >= 0.3 is 0 Å². The number of halogens is 2. The summed E-state index contributed by atoms with van der Waals surface area (Å²) in [4.78, 5) is 0. The molecule has 0 heterocycles. The maximum atomic E-state index is 5.86. The number of benzene rings is 2. The van der Waals surface area contributed by atoms with Crippen LogP contribution >= 0.6 is 31.9 Å². The van der Waals surface area contributed by atoms with E-state index in [1.807, 2.05) is 30.3 Å². The van der Waals surface area contributed by atoms with Crippen LogP contribution in [0.3, 0.4) is 0 Å². The van der Waals surface area contributed by atoms with Crippen molar-refractivity contribution in [1.82, 2.24) is 5.43 Å². The van der Waals surface area contributed by atoms with E-state index >= 15 is 0 Å². The van der Waals surface area contributed by atoms with E-state index in [1.54, 1.807) is 0 Å². The van der Waals surface area contributed by atoms with Gasteiger partial charge in [0.05, 0.1) is 12.1 Å². The zero-order valence-corrected chi connectivity index (χ0v) is 14.5. The molecule has 1 aliphatic rings. The van der Waals surface area contributed by atoms with Gasteiger partial charge in [0.1, 0.15) is 5.75 Å². The number of hydrogen-bond acceptors (Lipinski definition) is 3. The lowest BCUT2D eigenvalue weighted by atomic mass is 9.99. The van der Waals surface area contributed by atoms with E-state index in [0.717, 1.165) is 38.7 Å². The maximum absolute atomic E-state index is 5.86. The average molecular weight is 412 g/mol. The first kappa shape index (κ1) is 15.0. The lowest BCUT2D eigenvalue weighted by molar-refractivity contribution is 0.302. The third-order valence-electron chi connectivity index (χ3n) is 3.46. The zero-order valence-electron chi connectivity index (χ0n) is 11.4. The molecule has 1 fully saturated rings. The Kier molecular flexibility index (Phi) is 4.64. The molecule has 1 saturated carbocycles. The smallest absolute Gasteiger partial charge is 0.120 e. The van der Waals surface area contributed by atoms with Gasteiger partial charge in [-0.2, -0.15) is 0 Å². The predicted molar refractivity (Wildman–Crippen MR) is 91.1 cm³/mol. The van der Waals surface area contributed by atoms with Crippen LogP contribution in [0.5, 0.6) is 5.75 Å². The molecule has 1 unspecified atom stereocenters. The molecule has 1 atom stereocenters. The van der Waals surface area contributed by atoms with Crippen molar-refractivity contribution < 1.29 is 4.74 Å². The predicted octanol–water partition coefficient (Wildman–Crippen LogP) is 4.31. The third-order valence-corrected chi connectivity index (χ3v) is 4.64. The Bertz CT molecular complexity index is 644. The number of rotatable bonds is 5. The first-order valence-corrected chi connectivity index (χ1v) is 8.43. The molecule has 0 aromatic heterocycles. The highest BCUT2D eigenvalue weighted by Crippen LogP contribution is 2.33. The van der Waals surface area contributed by atoms with Crippen molar-refractivity contribution in [3.05, 3.63) is 62.5 Å². The molecule has 0 bridgehead atoms. The van der Waals surface area contributed by atoms with Gasteiger partial charge in [-0.05, 0) is 48.2 Å². The fourth-order valence-electron chi connectivity index (χ4n) is 2.25. The molecule has 0 saturated heterocycles. The lowest BCUT2D eigenvalue weighted by Crippen LogP contribution is -2.29. The van der Waals surface area contributed by atoms with Crippen LogP contribution in [0, 0.1) is 0 Å². The van der Waals surface area contributed by atoms with Gasteiger partial charge in [0.2, 0.25) is 0 Å². The third kappa shape index (κ3) is 3.66. The van der Waals surface area contributed by atoms with Gasteiger partial charge in [-0.3, -0.25) is 5.84 Å². The lowest BCUT2D eigenvalue weighted by Gasteiger charge is -2.19. The van der Waals surface area contributed by atoms with Crippen molar-refractivity contribution in [2.24, 2.45) is 5.84 Å². The molecule has 2 aromatic carbocycles. The summed E-state index contributed by atoms with van der Waals surface area (Å²) in [7, 11) is 0. The van der Waals surface area contributed by atoms with E-state index in [2.05, 4.69) is 49.4 Å². The van der Waals surface area contributed by atoms with Crippen molar-refractivity contribution >= 4 is 31.9 Å². The summed E-state index contributed by atoms with van der Waals surface area (Å²) in [5.41, 5.74) is 5.06. The summed E-state index contributed by atoms with van der Waals surface area (Å²) < 4.78 is 7.89. The Balaban J connectivity index is 1.91. The molecule has 0 amide bonds. The Morgan fingerprint density at radius 1 is 1.14 bits per heavy atom. The molecular formula is C16H16Br2N2O. The van der Waals surface area contributed by atoms with Gasteiger partial charge in [-0.1, -0.05) is 50.1 Å². The van der Waals surface area contributed by atoms with Crippen LogP contribution in [0.2, 0.25) is 0 Å². The van der Waals surface area contributed by atoms with E-state index in [4.69, 9.17) is 10.6 Å². The van der Waals surface area contributed by atoms with E-state index in [1.165, 1.54) is 0 Å². The van der Waals surface area contributed by atoms with Gasteiger partial charge in [-0.15, -0.1) is 0 Å². The number of hydrazine groups is 1. The fraction of sp³-hybridized carbons (Fsp3) is 0.250. The summed E-state index contributed by atoms with van der Waals surface area (Å²) >= 11 is 7.07. The molecule has 3 rings (SSSR count). The highest BCUT2D eigenvalue weighted by atomic mass is 79.9. The van der Waals surface area contributed by atoms with E-state index in [-0.39, 0.29) is 6.04 Å². The number of hydrogen-bond donors (Lipinski definition) is 2. The molecule has 0 aliphatic heterocycles. The molecule has 21 heavy (non-hydrogen) atoms. The molecule has 0 spiro atoms. The largest absolute Gasteiger partial charge is 0.490 e. The summed E-state index contributed by atoms with van der Waals surface area (Å²) in [5, 5.41) is 0. The van der Waals surface area contributed by atoms with Crippen LogP contribution in [0.15, 0.2) is 51.4 Å². The standard InChI is InChI=1S/C16H16Br2N2O/c17-11-4-7-14(15(18)9-11)16(20-19)10-2-1-3-13(8-10)21-12-5-6-12/h1-4,7-9,12,16,20H,5-6,19H2. The minimum Gasteiger partial charge on any atom is -0.490 e. The summed E-state index contributed by atoms with van der Waals surface area (Å²) in [6, 6.07) is 14.1. The number of ether oxygens (including phenoxy) is 1. The van der Waals surface area contributed by atoms with Gasteiger partial charge < -0.3 is 4.74 Å². The van der Waals surface area contributed by atoms with Crippen LogP contribution in [0.1, 0.15) is 30.0 Å². The first-order valence-electron chi connectivity index (χ1n) is 6.85. The van der Waals surface area contributed by atoms with Gasteiger partial charge in [0.15, 0.2) is 0 Å². The monoisotopic (exact) mass is 410 g/mol. The van der Waals surface area contributed by atoms with Crippen LogP contribution in [-0.4, -0.2) is 6.10 Å². The topological polar surface area (TPSA) is 47.3 Å². The number of nitrogens with two attached hydrogens (primary N) is 1. The Labute approximate surface area is 141 Å². The highest BCUT2D eigenvalue weighted by Gasteiger charge is 2.24. The van der Waals surface area contributed by atoms with Crippen LogP contribution in [0.4, 0.5) is 0 Å². The normalized spacial score (nSPS) is 15.8.